The number of halogens is 1. The number of thioether (sulfide) groups is 1. The summed E-state index contributed by atoms with van der Waals surface area (Å²) in [6.07, 6.45) is 0. The molecule has 0 spiro atoms. The van der Waals surface area contributed by atoms with Gasteiger partial charge < -0.3 is 5.32 Å². The van der Waals surface area contributed by atoms with Crippen LogP contribution in [0.2, 0.25) is 0 Å². The Bertz CT molecular complexity index is 867. The zero-order chi connectivity index (χ0) is 18.5. The first-order chi connectivity index (χ1) is 12.5. The Hall–Kier alpha value is -2.67. The lowest BCUT2D eigenvalue weighted by Gasteiger charge is -2.17. The molecule has 26 heavy (non-hydrogen) atoms. The van der Waals surface area contributed by atoms with Gasteiger partial charge in [0, 0.05) is 5.56 Å². The lowest BCUT2D eigenvalue weighted by atomic mass is 10.1. The Morgan fingerprint density at radius 3 is 2.50 bits per heavy atom. The normalized spacial score (nSPS) is 13.2. The Labute approximate surface area is 155 Å². The fraction of sp³-hybridized carbons (Fsp3) is 0.211. The van der Waals surface area contributed by atoms with Crippen LogP contribution in [-0.2, 0) is 4.79 Å². The summed E-state index contributed by atoms with van der Waals surface area (Å²) in [5.41, 5.74) is 1.79. The van der Waals surface area contributed by atoms with Crippen LogP contribution in [0.25, 0.3) is 11.4 Å². The molecule has 0 aliphatic rings. The Balaban J connectivity index is 1.59. The molecule has 5 nitrogen and oxygen atoms in total. The second-order valence-corrected chi connectivity index (χ2v) is 7.18. The zero-order valence-electron chi connectivity index (χ0n) is 14.4. The third-order valence-corrected chi connectivity index (χ3v) is 4.85. The smallest absolute Gasteiger partial charge is 0.233 e. The molecule has 0 bridgehead atoms. The van der Waals surface area contributed by atoms with Crippen LogP contribution in [0.15, 0.2) is 59.8 Å². The standard InChI is InChI=1S/C19H19FN4OS/c1-12(14-8-10-16(20)11-9-14)21-18(25)13(2)26-19-22-17(23-24-19)15-6-4-3-5-7-15/h3-13H,1-2H3,(H,21,25)(H,22,23,24). The topological polar surface area (TPSA) is 70.7 Å². The molecule has 2 aromatic carbocycles. The summed E-state index contributed by atoms with van der Waals surface area (Å²) < 4.78 is 13.0. The maximum absolute atomic E-state index is 13.0. The van der Waals surface area contributed by atoms with Crippen molar-refractivity contribution in [1.29, 1.82) is 0 Å². The number of nitrogens with one attached hydrogen (secondary N) is 2. The van der Waals surface area contributed by atoms with E-state index in [1.807, 2.05) is 37.3 Å². The van der Waals surface area contributed by atoms with E-state index in [1.54, 1.807) is 19.1 Å². The second kappa shape index (κ2) is 8.14. The predicted octanol–water partition coefficient (Wildman–Crippen LogP) is 3.97. The van der Waals surface area contributed by atoms with E-state index in [1.165, 1.54) is 23.9 Å². The highest BCUT2D eigenvalue weighted by Gasteiger charge is 2.19. The highest BCUT2D eigenvalue weighted by molar-refractivity contribution is 8.00. The quantitative estimate of drug-likeness (QED) is 0.644. The molecular formula is C19H19FN4OS. The van der Waals surface area contributed by atoms with Gasteiger partial charge in [0.25, 0.3) is 0 Å². The summed E-state index contributed by atoms with van der Waals surface area (Å²) >= 11 is 1.28. The summed E-state index contributed by atoms with van der Waals surface area (Å²) in [5.74, 6) is 0.244. The van der Waals surface area contributed by atoms with Gasteiger partial charge in [-0.05, 0) is 31.5 Å². The zero-order valence-corrected chi connectivity index (χ0v) is 15.3. The average Bonchev–Trinajstić information content (AvgIpc) is 3.11. The van der Waals surface area contributed by atoms with E-state index in [2.05, 4.69) is 20.5 Å². The monoisotopic (exact) mass is 370 g/mol. The molecule has 134 valence electrons. The Morgan fingerprint density at radius 2 is 1.81 bits per heavy atom. The molecule has 0 aliphatic carbocycles. The van der Waals surface area contributed by atoms with Crippen molar-refractivity contribution in [3.8, 4) is 11.4 Å². The number of H-pyrrole nitrogens is 1. The van der Waals surface area contributed by atoms with Crippen molar-refractivity contribution in [3.05, 3.63) is 66.0 Å². The number of hydrogen-bond acceptors (Lipinski definition) is 4. The molecule has 0 fully saturated rings. The highest BCUT2D eigenvalue weighted by Crippen LogP contribution is 2.23. The molecule has 1 aromatic heterocycles. The second-order valence-electron chi connectivity index (χ2n) is 5.87. The number of carbonyl (C=O) groups is 1. The molecule has 0 radical (unpaired) electrons. The van der Waals surface area contributed by atoms with Crippen LogP contribution in [-0.4, -0.2) is 26.3 Å². The van der Waals surface area contributed by atoms with E-state index in [0.717, 1.165) is 11.1 Å². The van der Waals surface area contributed by atoms with Crippen molar-refractivity contribution in [3.63, 3.8) is 0 Å². The van der Waals surface area contributed by atoms with Crippen LogP contribution >= 0.6 is 11.8 Å². The van der Waals surface area contributed by atoms with E-state index < -0.39 is 0 Å². The lowest BCUT2D eigenvalue weighted by molar-refractivity contribution is -0.120. The number of benzene rings is 2. The summed E-state index contributed by atoms with van der Waals surface area (Å²) in [7, 11) is 0. The number of aromatic amines is 1. The molecule has 2 atom stereocenters. The van der Waals surface area contributed by atoms with Crippen molar-refractivity contribution in [2.75, 3.05) is 0 Å². The first-order valence-corrected chi connectivity index (χ1v) is 9.11. The molecule has 1 heterocycles. The van der Waals surface area contributed by atoms with E-state index >= 15 is 0 Å². The van der Waals surface area contributed by atoms with Gasteiger partial charge in [-0.25, -0.2) is 9.37 Å². The van der Waals surface area contributed by atoms with Crippen molar-refractivity contribution < 1.29 is 9.18 Å². The van der Waals surface area contributed by atoms with Crippen LogP contribution in [0.5, 0.6) is 0 Å². The van der Waals surface area contributed by atoms with Crippen LogP contribution in [0.4, 0.5) is 4.39 Å². The summed E-state index contributed by atoms with van der Waals surface area (Å²) in [4.78, 5) is 16.8. The van der Waals surface area contributed by atoms with Crippen molar-refractivity contribution in [2.24, 2.45) is 0 Å². The predicted molar refractivity (Wildman–Crippen MR) is 100 cm³/mol. The minimum absolute atomic E-state index is 0.127. The summed E-state index contributed by atoms with van der Waals surface area (Å²) in [6, 6.07) is 15.6. The summed E-state index contributed by atoms with van der Waals surface area (Å²) in [6.45, 7) is 3.67. The first-order valence-electron chi connectivity index (χ1n) is 8.23. The molecule has 2 unspecified atom stereocenters. The van der Waals surface area contributed by atoms with Gasteiger partial charge in [-0.1, -0.05) is 54.2 Å². The number of hydrogen-bond donors (Lipinski definition) is 2. The molecule has 7 heteroatoms. The average molecular weight is 370 g/mol. The number of nitrogens with zero attached hydrogens (tertiary/aromatic N) is 2. The van der Waals surface area contributed by atoms with Gasteiger partial charge >= 0.3 is 0 Å². The van der Waals surface area contributed by atoms with Gasteiger partial charge in [-0.2, -0.15) is 0 Å². The van der Waals surface area contributed by atoms with Gasteiger partial charge in [0.15, 0.2) is 5.82 Å². The molecule has 0 saturated carbocycles. The molecular weight excluding hydrogens is 351 g/mol. The SMILES string of the molecule is CC(Sc1n[nH]c(-c2ccccc2)n1)C(=O)NC(C)c1ccc(F)cc1. The van der Waals surface area contributed by atoms with E-state index in [-0.39, 0.29) is 23.0 Å². The van der Waals surface area contributed by atoms with Crippen LogP contribution in [0.1, 0.15) is 25.5 Å². The maximum Gasteiger partial charge on any atom is 0.233 e. The van der Waals surface area contributed by atoms with Crippen LogP contribution in [0.3, 0.4) is 0 Å². The number of carbonyl (C=O) groups excluding carboxylic acids is 1. The van der Waals surface area contributed by atoms with E-state index in [9.17, 15) is 9.18 Å². The first kappa shape index (κ1) is 18.1. The Kier molecular flexibility index (Phi) is 5.68. The molecule has 0 saturated heterocycles. The van der Waals surface area contributed by atoms with Crippen molar-refractivity contribution in [1.82, 2.24) is 20.5 Å². The lowest BCUT2D eigenvalue weighted by Crippen LogP contribution is -2.33. The maximum atomic E-state index is 13.0. The molecule has 0 aliphatic heterocycles. The Morgan fingerprint density at radius 1 is 1.12 bits per heavy atom. The van der Waals surface area contributed by atoms with Crippen molar-refractivity contribution in [2.45, 2.75) is 30.3 Å². The molecule has 3 rings (SSSR count). The third kappa shape index (κ3) is 4.49. The number of rotatable bonds is 6. The van der Waals surface area contributed by atoms with Gasteiger partial charge in [-0.15, -0.1) is 5.10 Å². The molecule has 2 N–H and O–H groups in total. The minimum Gasteiger partial charge on any atom is -0.349 e. The highest BCUT2D eigenvalue weighted by atomic mass is 32.2. The van der Waals surface area contributed by atoms with Gasteiger partial charge in [0.1, 0.15) is 5.82 Å². The summed E-state index contributed by atoms with van der Waals surface area (Å²) in [5, 5.41) is 10.1. The van der Waals surface area contributed by atoms with E-state index in [0.29, 0.717) is 11.0 Å². The largest absolute Gasteiger partial charge is 0.349 e. The fourth-order valence-corrected chi connectivity index (χ4v) is 3.14. The number of amides is 1. The molecule has 1 amide bonds. The van der Waals surface area contributed by atoms with Gasteiger partial charge in [0.2, 0.25) is 11.1 Å². The van der Waals surface area contributed by atoms with E-state index in [4.69, 9.17) is 0 Å². The van der Waals surface area contributed by atoms with Gasteiger partial charge in [0.05, 0.1) is 11.3 Å². The van der Waals surface area contributed by atoms with Crippen molar-refractivity contribution >= 4 is 17.7 Å². The van der Waals surface area contributed by atoms with Gasteiger partial charge in [-0.3, -0.25) is 9.89 Å². The third-order valence-electron chi connectivity index (χ3n) is 3.89. The number of aromatic nitrogens is 3. The fourth-order valence-electron chi connectivity index (χ4n) is 2.40. The van der Waals surface area contributed by atoms with Crippen LogP contribution < -0.4 is 5.32 Å². The molecule has 3 aromatic rings. The van der Waals surface area contributed by atoms with Crippen LogP contribution in [0, 0.1) is 5.82 Å². The minimum atomic E-state index is -0.364.